The molecule has 2 aromatic rings. The van der Waals surface area contributed by atoms with E-state index in [0.29, 0.717) is 0 Å². The minimum absolute atomic E-state index is 0.0152. The van der Waals surface area contributed by atoms with Crippen molar-refractivity contribution in [2.75, 3.05) is 4.90 Å². The van der Waals surface area contributed by atoms with Crippen LogP contribution in [-0.4, -0.2) is 21.6 Å². The summed E-state index contributed by atoms with van der Waals surface area (Å²) in [6.07, 6.45) is 1.18. The van der Waals surface area contributed by atoms with Gasteiger partial charge < -0.3 is 0 Å². The van der Waals surface area contributed by atoms with Crippen molar-refractivity contribution in [3.05, 3.63) is 37.9 Å². The van der Waals surface area contributed by atoms with Crippen LogP contribution in [0.2, 0.25) is 20.1 Å². The number of imide groups is 1. The van der Waals surface area contributed by atoms with Gasteiger partial charge in [0, 0.05) is 13.8 Å². The van der Waals surface area contributed by atoms with Gasteiger partial charge in [-0.2, -0.15) is 10.4 Å². The summed E-state index contributed by atoms with van der Waals surface area (Å²) in [4.78, 5) is 24.5. The van der Waals surface area contributed by atoms with Crippen molar-refractivity contribution in [1.82, 2.24) is 9.78 Å². The summed E-state index contributed by atoms with van der Waals surface area (Å²) >= 11 is 24.3. The van der Waals surface area contributed by atoms with Gasteiger partial charge in [-0.1, -0.05) is 46.4 Å². The van der Waals surface area contributed by atoms with E-state index in [2.05, 4.69) is 5.10 Å². The first-order chi connectivity index (χ1) is 11.2. The maximum atomic E-state index is 11.9. The van der Waals surface area contributed by atoms with Crippen molar-refractivity contribution in [2.45, 2.75) is 13.8 Å². The van der Waals surface area contributed by atoms with Gasteiger partial charge in [0.05, 0.1) is 26.3 Å². The standard InChI is InChI=1S/C14H8Cl4N4O2/c1-6(23)21(7(2)24)14-8(4-19)5-20-22(14)13-10(16)3-9(15)11(17)12(13)18/h3,5H,1-2H3. The van der Waals surface area contributed by atoms with Crippen LogP contribution in [0.5, 0.6) is 0 Å². The van der Waals surface area contributed by atoms with Gasteiger partial charge in [-0.3, -0.25) is 9.59 Å². The lowest BCUT2D eigenvalue weighted by atomic mass is 10.2. The lowest BCUT2D eigenvalue weighted by Gasteiger charge is -2.20. The van der Waals surface area contributed by atoms with Gasteiger partial charge in [-0.15, -0.1) is 0 Å². The second kappa shape index (κ2) is 6.99. The minimum Gasteiger partial charge on any atom is -0.274 e. The zero-order valence-electron chi connectivity index (χ0n) is 12.3. The maximum Gasteiger partial charge on any atom is 0.231 e. The number of aromatic nitrogens is 2. The Labute approximate surface area is 157 Å². The summed E-state index contributed by atoms with van der Waals surface area (Å²) in [5.41, 5.74) is 0.0790. The third-order valence-electron chi connectivity index (χ3n) is 3.01. The number of nitriles is 1. The first-order valence-electron chi connectivity index (χ1n) is 6.33. The third-order valence-corrected chi connectivity index (χ3v) is 4.55. The van der Waals surface area contributed by atoms with Gasteiger partial charge >= 0.3 is 0 Å². The SMILES string of the molecule is CC(=O)N(C(C)=O)c1c(C#N)cnn1-c1c(Cl)cc(Cl)c(Cl)c1Cl. The van der Waals surface area contributed by atoms with Crippen LogP contribution in [0, 0.1) is 11.3 Å². The Balaban J connectivity index is 2.87. The molecule has 0 aliphatic rings. The minimum atomic E-state index is -0.604. The molecule has 0 saturated heterocycles. The fraction of sp³-hybridized carbons (Fsp3) is 0.143. The number of halogens is 4. The van der Waals surface area contributed by atoms with Gasteiger partial charge in [0.25, 0.3) is 0 Å². The smallest absolute Gasteiger partial charge is 0.231 e. The number of rotatable bonds is 2. The van der Waals surface area contributed by atoms with E-state index in [1.165, 1.54) is 26.1 Å². The third kappa shape index (κ3) is 3.08. The summed E-state index contributed by atoms with van der Waals surface area (Å²) in [6.45, 7) is 2.36. The number of carbonyl (C=O) groups excluding carboxylic acids is 2. The maximum absolute atomic E-state index is 11.9. The van der Waals surface area contributed by atoms with Crippen LogP contribution in [0.1, 0.15) is 19.4 Å². The molecule has 24 heavy (non-hydrogen) atoms. The van der Waals surface area contributed by atoms with E-state index >= 15 is 0 Å². The molecule has 6 nitrogen and oxygen atoms in total. The monoisotopic (exact) mass is 404 g/mol. The number of hydrogen-bond acceptors (Lipinski definition) is 4. The highest BCUT2D eigenvalue weighted by Crippen LogP contribution is 2.41. The zero-order valence-corrected chi connectivity index (χ0v) is 15.3. The summed E-state index contributed by atoms with van der Waals surface area (Å²) in [5, 5.41) is 13.5. The normalized spacial score (nSPS) is 10.4. The predicted octanol–water partition coefficient (Wildman–Crippen LogP) is 4.26. The molecule has 0 radical (unpaired) electrons. The highest BCUT2D eigenvalue weighted by molar-refractivity contribution is 6.50. The number of benzene rings is 1. The van der Waals surface area contributed by atoms with Crippen LogP contribution in [-0.2, 0) is 9.59 Å². The summed E-state index contributed by atoms with van der Waals surface area (Å²) in [7, 11) is 0. The molecule has 2 amide bonds. The van der Waals surface area contributed by atoms with Gasteiger partial charge in [0.2, 0.25) is 11.8 Å². The molecule has 2 rings (SSSR count). The van der Waals surface area contributed by atoms with Crippen molar-refractivity contribution in [2.24, 2.45) is 0 Å². The molecular formula is C14H8Cl4N4O2. The van der Waals surface area contributed by atoms with E-state index in [0.717, 1.165) is 9.58 Å². The Morgan fingerprint density at radius 1 is 1.12 bits per heavy atom. The van der Waals surface area contributed by atoms with Crippen molar-refractivity contribution in [3.63, 3.8) is 0 Å². The lowest BCUT2D eigenvalue weighted by molar-refractivity contribution is -0.124. The molecular weight excluding hydrogens is 398 g/mol. The Hall–Kier alpha value is -1.78. The molecule has 0 aliphatic heterocycles. The molecule has 10 heteroatoms. The average molecular weight is 406 g/mol. The molecule has 0 saturated carbocycles. The van der Waals surface area contributed by atoms with Crippen molar-refractivity contribution < 1.29 is 9.59 Å². The van der Waals surface area contributed by atoms with Gasteiger partial charge in [0.1, 0.15) is 17.3 Å². The molecule has 1 aromatic heterocycles. The second-order valence-electron chi connectivity index (χ2n) is 4.60. The average Bonchev–Trinajstić information content (AvgIpc) is 2.88. The van der Waals surface area contributed by atoms with Crippen LogP contribution < -0.4 is 4.90 Å². The van der Waals surface area contributed by atoms with Gasteiger partial charge in [-0.25, -0.2) is 9.58 Å². The van der Waals surface area contributed by atoms with Crippen molar-refractivity contribution in [1.29, 1.82) is 5.26 Å². The Bertz CT molecular complexity index is 887. The second-order valence-corrected chi connectivity index (χ2v) is 6.17. The molecule has 0 spiro atoms. The Kier molecular flexibility index (Phi) is 5.41. The molecule has 1 aromatic carbocycles. The first-order valence-corrected chi connectivity index (χ1v) is 7.84. The van der Waals surface area contributed by atoms with E-state index in [1.54, 1.807) is 0 Å². The van der Waals surface area contributed by atoms with Crippen molar-refractivity contribution >= 4 is 64.0 Å². The van der Waals surface area contributed by atoms with Crippen LogP contribution in [0.15, 0.2) is 12.3 Å². The van der Waals surface area contributed by atoms with E-state index in [4.69, 9.17) is 46.4 Å². The number of hydrogen-bond donors (Lipinski definition) is 0. The zero-order chi connectivity index (χ0) is 18.2. The number of carbonyl (C=O) groups is 2. The molecule has 0 unspecified atom stereocenters. The fourth-order valence-electron chi connectivity index (χ4n) is 2.07. The van der Waals surface area contributed by atoms with E-state index in [9.17, 15) is 14.9 Å². The number of anilines is 1. The van der Waals surface area contributed by atoms with E-state index in [-0.39, 0.29) is 37.2 Å². The molecule has 0 atom stereocenters. The number of amides is 2. The molecule has 1 heterocycles. The topological polar surface area (TPSA) is 79.0 Å². The summed E-state index contributed by atoms with van der Waals surface area (Å²) in [5.74, 6) is -1.29. The van der Waals surface area contributed by atoms with Crippen LogP contribution in [0.25, 0.3) is 5.69 Å². The molecule has 0 aliphatic carbocycles. The van der Waals surface area contributed by atoms with E-state index in [1.807, 2.05) is 6.07 Å². The fourth-order valence-corrected chi connectivity index (χ4v) is 3.14. The number of nitrogens with zero attached hydrogens (tertiary/aromatic N) is 4. The quantitative estimate of drug-likeness (QED) is 0.552. The first kappa shape index (κ1) is 18.6. The van der Waals surface area contributed by atoms with Crippen LogP contribution in [0.3, 0.4) is 0 Å². The largest absolute Gasteiger partial charge is 0.274 e. The summed E-state index contributed by atoms with van der Waals surface area (Å²) < 4.78 is 1.11. The predicted molar refractivity (Wildman–Crippen MR) is 92.2 cm³/mol. The van der Waals surface area contributed by atoms with E-state index < -0.39 is 11.8 Å². The Morgan fingerprint density at radius 2 is 1.71 bits per heavy atom. The van der Waals surface area contributed by atoms with Crippen LogP contribution >= 0.6 is 46.4 Å². The Morgan fingerprint density at radius 3 is 2.21 bits per heavy atom. The van der Waals surface area contributed by atoms with Crippen LogP contribution in [0.4, 0.5) is 5.82 Å². The van der Waals surface area contributed by atoms with Gasteiger partial charge in [-0.05, 0) is 6.07 Å². The highest BCUT2D eigenvalue weighted by Gasteiger charge is 2.28. The molecule has 124 valence electrons. The lowest BCUT2D eigenvalue weighted by Crippen LogP contribution is -2.35. The molecule has 0 fully saturated rings. The summed E-state index contributed by atoms with van der Waals surface area (Å²) in [6, 6.07) is 3.21. The molecule has 0 bridgehead atoms. The van der Waals surface area contributed by atoms with Crippen molar-refractivity contribution in [3.8, 4) is 11.8 Å². The molecule has 0 N–H and O–H groups in total. The van der Waals surface area contributed by atoms with Gasteiger partial charge in [0.15, 0.2) is 5.82 Å². The highest BCUT2D eigenvalue weighted by atomic mass is 35.5.